The van der Waals surface area contributed by atoms with Gasteiger partial charge in [-0.05, 0) is 39.3 Å². The molecule has 4 heteroatoms. The fraction of sp³-hybridized carbons (Fsp3) is 0.571. The van der Waals surface area contributed by atoms with Crippen molar-refractivity contribution in [1.82, 2.24) is 9.88 Å². The van der Waals surface area contributed by atoms with Crippen LogP contribution in [0.4, 0.5) is 0 Å². The van der Waals surface area contributed by atoms with E-state index in [9.17, 15) is 9.90 Å². The zero-order valence-electron chi connectivity index (χ0n) is 11.6. The van der Waals surface area contributed by atoms with E-state index in [1.54, 1.807) is 24.9 Å². The van der Waals surface area contributed by atoms with E-state index >= 15 is 0 Å². The Morgan fingerprint density at radius 1 is 1.50 bits per heavy atom. The van der Waals surface area contributed by atoms with Gasteiger partial charge in [-0.2, -0.15) is 0 Å². The molecule has 0 aliphatic carbocycles. The summed E-state index contributed by atoms with van der Waals surface area (Å²) in [6.07, 6.45) is 1.98. The third kappa shape index (κ3) is 4.45. The Morgan fingerprint density at radius 2 is 2.17 bits per heavy atom. The van der Waals surface area contributed by atoms with Crippen LogP contribution in [0.2, 0.25) is 0 Å². The third-order valence-electron chi connectivity index (χ3n) is 2.75. The quantitative estimate of drug-likeness (QED) is 0.862. The van der Waals surface area contributed by atoms with Gasteiger partial charge in [-0.1, -0.05) is 6.07 Å². The number of hydrogen-bond acceptors (Lipinski definition) is 3. The highest BCUT2D eigenvalue weighted by Crippen LogP contribution is 2.09. The van der Waals surface area contributed by atoms with E-state index in [0.717, 1.165) is 11.3 Å². The highest BCUT2D eigenvalue weighted by molar-refractivity contribution is 5.78. The average molecular weight is 250 g/mol. The largest absolute Gasteiger partial charge is 0.389 e. The second kappa shape index (κ2) is 5.96. The van der Waals surface area contributed by atoms with Crippen molar-refractivity contribution in [2.45, 2.75) is 39.7 Å². The van der Waals surface area contributed by atoms with Crippen LogP contribution in [0.5, 0.6) is 0 Å². The number of rotatable bonds is 5. The maximum absolute atomic E-state index is 12.1. The lowest BCUT2D eigenvalue weighted by atomic mass is 10.1. The SMILES string of the molecule is CCN(CC(C)(C)O)C(=O)Cc1ncccc1C. The van der Waals surface area contributed by atoms with E-state index in [-0.39, 0.29) is 12.3 Å². The number of carbonyl (C=O) groups excluding carboxylic acids is 1. The Labute approximate surface area is 109 Å². The van der Waals surface area contributed by atoms with Gasteiger partial charge >= 0.3 is 0 Å². The third-order valence-corrected chi connectivity index (χ3v) is 2.75. The van der Waals surface area contributed by atoms with Crippen molar-refractivity contribution < 1.29 is 9.90 Å². The van der Waals surface area contributed by atoms with Crippen LogP contribution >= 0.6 is 0 Å². The van der Waals surface area contributed by atoms with Crippen molar-refractivity contribution in [3.63, 3.8) is 0 Å². The molecule has 1 rings (SSSR count). The van der Waals surface area contributed by atoms with Crippen molar-refractivity contribution in [2.75, 3.05) is 13.1 Å². The fourth-order valence-corrected chi connectivity index (χ4v) is 1.80. The molecule has 0 radical (unpaired) electrons. The number of aliphatic hydroxyl groups is 1. The van der Waals surface area contributed by atoms with E-state index in [1.165, 1.54) is 0 Å². The lowest BCUT2D eigenvalue weighted by Crippen LogP contribution is -2.42. The molecule has 0 spiro atoms. The lowest BCUT2D eigenvalue weighted by molar-refractivity contribution is -0.133. The molecule has 0 saturated carbocycles. The summed E-state index contributed by atoms with van der Waals surface area (Å²) < 4.78 is 0. The molecule has 1 aromatic rings. The summed E-state index contributed by atoms with van der Waals surface area (Å²) in [6, 6.07) is 3.81. The molecular weight excluding hydrogens is 228 g/mol. The smallest absolute Gasteiger partial charge is 0.228 e. The molecule has 0 bridgehead atoms. The molecule has 0 fully saturated rings. The minimum atomic E-state index is -0.870. The van der Waals surface area contributed by atoms with E-state index in [0.29, 0.717) is 13.1 Å². The first-order valence-electron chi connectivity index (χ1n) is 6.24. The zero-order chi connectivity index (χ0) is 13.8. The summed E-state index contributed by atoms with van der Waals surface area (Å²) in [5.41, 5.74) is 0.951. The normalized spacial score (nSPS) is 11.4. The van der Waals surface area contributed by atoms with Gasteiger partial charge in [0.25, 0.3) is 0 Å². The lowest BCUT2D eigenvalue weighted by Gasteiger charge is -2.28. The summed E-state index contributed by atoms with van der Waals surface area (Å²) in [7, 11) is 0. The van der Waals surface area contributed by atoms with Crippen molar-refractivity contribution in [1.29, 1.82) is 0 Å². The summed E-state index contributed by atoms with van der Waals surface area (Å²) >= 11 is 0. The predicted molar refractivity (Wildman–Crippen MR) is 71.2 cm³/mol. The van der Waals surface area contributed by atoms with Crippen molar-refractivity contribution in [3.8, 4) is 0 Å². The van der Waals surface area contributed by atoms with Crippen LogP contribution in [0.25, 0.3) is 0 Å². The molecule has 0 aliphatic rings. The van der Waals surface area contributed by atoms with Crippen LogP contribution < -0.4 is 0 Å². The summed E-state index contributed by atoms with van der Waals surface area (Å²) in [4.78, 5) is 18.0. The topological polar surface area (TPSA) is 53.4 Å². The van der Waals surface area contributed by atoms with Crippen LogP contribution in [0.1, 0.15) is 32.0 Å². The van der Waals surface area contributed by atoms with Gasteiger partial charge in [0.05, 0.1) is 17.7 Å². The minimum absolute atomic E-state index is 0.00132. The number of hydrogen-bond donors (Lipinski definition) is 1. The molecule has 0 aliphatic heterocycles. The molecule has 0 atom stereocenters. The second-order valence-corrected chi connectivity index (χ2v) is 5.16. The van der Waals surface area contributed by atoms with Gasteiger partial charge in [-0.25, -0.2) is 0 Å². The van der Waals surface area contributed by atoms with Crippen LogP contribution in [-0.4, -0.2) is 39.6 Å². The molecule has 0 unspecified atom stereocenters. The van der Waals surface area contributed by atoms with Crippen LogP contribution in [0, 0.1) is 6.92 Å². The summed E-state index contributed by atoms with van der Waals surface area (Å²) in [5.74, 6) is 0.00132. The fourth-order valence-electron chi connectivity index (χ4n) is 1.80. The Kier molecular flexibility index (Phi) is 4.84. The van der Waals surface area contributed by atoms with Gasteiger partial charge < -0.3 is 10.0 Å². The average Bonchev–Trinajstić information content (AvgIpc) is 2.27. The molecule has 0 saturated heterocycles. The van der Waals surface area contributed by atoms with Gasteiger partial charge in [-0.3, -0.25) is 9.78 Å². The molecule has 100 valence electrons. The first-order chi connectivity index (χ1) is 8.33. The van der Waals surface area contributed by atoms with Gasteiger partial charge in [0.1, 0.15) is 0 Å². The van der Waals surface area contributed by atoms with E-state index in [2.05, 4.69) is 4.98 Å². The molecular formula is C14H22N2O2. The molecule has 1 amide bonds. The first kappa shape index (κ1) is 14.6. The maximum atomic E-state index is 12.1. The molecule has 1 heterocycles. The summed E-state index contributed by atoms with van der Waals surface area (Å²) in [6.45, 7) is 8.20. The molecule has 1 N–H and O–H groups in total. The maximum Gasteiger partial charge on any atom is 0.228 e. The molecule has 4 nitrogen and oxygen atoms in total. The second-order valence-electron chi connectivity index (χ2n) is 5.16. The number of likely N-dealkylation sites (N-methyl/N-ethyl adjacent to an activating group) is 1. The Morgan fingerprint density at radius 3 is 2.67 bits per heavy atom. The van der Waals surface area contributed by atoms with Crippen LogP contribution in [0.15, 0.2) is 18.3 Å². The highest BCUT2D eigenvalue weighted by Gasteiger charge is 2.21. The van der Waals surface area contributed by atoms with Gasteiger partial charge in [-0.15, -0.1) is 0 Å². The Bertz CT molecular complexity index is 411. The predicted octanol–water partition coefficient (Wildman–Crippen LogP) is 1.55. The molecule has 18 heavy (non-hydrogen) atoms. The highest BCUT2D eigenvalue weighted by atomic mass is 16.3. The number of aryl methyl sites for hydroxylation is 1. The minimum Gasteiger partial charge on any atom is -0.389 e. The summed E-state index contributed by atoms with van der Waals surface area (Å²) in [5, 5.41) is 9.78. The van der Waals surface area contributed by atoms with Crippen LogP contribution in [0.3, 0.4) is 0 Å². The van der Waals surface area contributed by atoms with Gasteiger partial charge in [0.15, 0.2) is 0 Å². The number of carbonyl (C=O) groups is 1. The van der Waals surface area contributed by atoms with Crippen molar-refractivity contribution in [2.24, 2.45) is 0 Å². The number of amides is 1. The standard InChI is InChI=1S/C14H22N2O2/c1-5-16(10-14(3,4)18)13(17)9-12-11(2)7-6-8-15-12/h6-8,18H,5,9-10H2,1-4H3. The monoisotopic (exact) mass is 250 g/mol. The van der Waals surface area contributed by atoms with Gasteiger partial charge in [0.2, 0.25) is 5.91 Å². The van der Waals surface area contributed by atoms with Crippen molar-refractivity contribution >= 4 is 5.91 Å². The van der Waals surface area contributed by atoms with Gasteiger partial charge in [0, 0.05) is 19.3 Å². The molecule has 0 aromatic carbocycles. The van der Waals surface area contributed by atoms with Crippen LogP contribution in [-0.2, 0) is 11.2 Å². The van der Waals surface area contributed by atoms with E-state index in [4.69, 9.17) is 0 Å². The number of pyridine rings is 1. The van der Waals surface area contributed by atoms with Crippen molar-refractivity contribution in [3.05, 3.63) is 29.6 Å². The van der Waals surface area contributed by atoms with E-state index < -0.39 is 5.60 Å². The Balaban J connectivity index is 2.72. The first-order valence-corrected chi connectivity index (χ1v) is 6.24. The number of aromatic nitrogens is 1. The van der Waals surface area contributed by atoms with E-state index in [1.807, 2.05) is 26.0 Å². The molecule has 1 aromatic heterocycles. The Hall–Kier alpha value is -1.42. The number of nitrogens with zero attached hydrogens (tertiary/aromatic N) is 2. The zero-order valence-corrected chi connectivity index (χ0v) is 11.6.